The van der Waals surface area contributed by atoms with Crippen LogP contribution in [0.1, 0.15) is 5.56 Å². The number of hydrogen-bond donors (Lipinski definition) is 6. The molecule has 1 aromatic carbocycles. The second kappa shape index (κ2) is 13.5. The predicted octanol–water partition coefficient (Wildman–Crippen LogP) is -1.23. The van der Waals surface area contributed by atoms with Gasteiger partial charge in [0, 0.05) is 31.0 Å². The molecule has 2 atom stereocenters. The number of carbonyl (C=O) groups is 3. The van der Waals surface area contributed by atoms with Crippen LogP contribution in [0, 0.1) is 0 Å². The molecule has 3 rings (SSSR count). The molecule has 15 heteroatoms. The number of rotatable bonds is 7. The van der Waals surface area contributed by atoms with Crippen LogP contribution in [0.4, 0.5) is 10.7 Å². The summed E-state index contributed by atoms with van der Waals surface area (Å²) in [6.07, 6.45) is -1.80. The third-order valence-electron chi connectivity index (χ3n) is 4.58. The number of morpholine rings is 1. The second-order valence-electron chi connectivity index (χ2n) is 7.23. The van der Waals surface area contributed by atoms with E-state index in [9.17, 15) is 14.4 Å². The van der Waals surface area contributed by atoms with E-state index in [2.05, 4.69) is 19.9 Å². The van der Waals surface area contributed by atoms with Gasteiger partial charge in [-0.05, 0) is 17.2 Å². The molecule has 194 valence electrons. The van der Waals surface area contributed by atoms with Crippen molar-refractivity contribution in [2.24, 2.45) is 16.5 Å². The third-order valence-corrected chi connectivity index (χ3v) is 4.58. The molecule has 1 aliphatic heterocycles. The van der Waals surface area contributed by atoms with Gasteiger partial charge >= 0.3 is 18.0 Å². The molecule has 0 bridgehead atoms. The number of aliphatic imine (C=N–C) groups is 1. The van der Waals surface area contributed by atoms with Crippen LogP contribution in [-0.2, 0) is 25.7 Å². The van der Waals surface area contributed by atoms with Gasteiger partial charge in [0.2, 0.25) is 5.95 Å². The van der Waals surface area contributed by atoms with Crippen LogP contribution in [0.2, 0.25) is 0 Å². The number of aliphatic hydroxyl groups excluding tert-OH is 2. The Balaban J connectivity index is 0.000000388. The topological polar surface area (TPSA) is 244 Å². The fraction of sp³-hybridized carbons (Fsp3) is 0.333. The zero-order chi connectivity index (χ0) is 26.7. The number of amides is 1. The van der Waals surface area contributed by atoms with Crippen molar-refractivity contribution in [1.29, 1.82) is 0 Å². The van der Waals surface area contributed by atoms with Crippen molar-refractivity contribution in [2.45, 2.75) is 18.8 Å². The number of carboxylic acids is 2. The van der Waals surface area contributed by atoms with E-state index in [0.717, 1.165) is 29.8 Å². The highest BCUT2D eigenvalue weighted by molar-refractivity contribution is 5.87. The number of aromatic nitrogens is 2. The van der Waals surface area contributed by atoms with Gasteiger partial charge in [0.15, 0.2) is 18.2 Å². The van der Waals surface area contributed by atoms with E-state index in [1.165, 1.54) is 0 Å². The maximum Gasteiger partial charge on any atom is 0.437 e. The normalized spacial score (nSPS) is 14.4. The van der Waals surface area contributed by atoms with E-state index < -0.39 is 30.2 Å². The fourth-order valence-electron chi connectivity index (χ4n) is 2.79. The van der Waals surface area contributed by atoms with Crippen molar-refractivity contribution in [3.8, 4) is 11.1 Å². The van der Waals surface area contributed by atoms with Crippen molar-refractivity contribution in [1.82, 2.24) is 9.97 Å². The third kappa shape index (κ3) is 8.79. The van der Waals surface area contributed by atoms with Gasteiger partial charge in [-0.15, -0.1) is 4.99 Å². The van der Waals surface area contributed by atoms with Gasteiger partial charge in [0.05, 0.1) is 13.2 Å². The maximum atomic E-state index is 11.4. The van der Waals surface area contributed by atoms with E-state index >= 15 is 0 Å². The average Bonchev–Trinajstić information content (AvgIpc) is 2.87. The van der Waals surface area contributed by atoms with E-state index in [1.807, 2.05) is 24.3 Å². The van der Waals surface area contributed by atoms with Crippen molar-refractivity contribution >= 4 is 29.9 Å². The number of carboxylic acid groups (broad SMARTS) is 2. The molecule has 1 saturated heterocycles. The largest absolute Gasteiger partial charge is 0.479 e. The van der Waals surface area contributed by atoms with Gasteiger partial charge in [-0.25, -0.2) is 24.4 Å². The number of benzene rings is 1. The molecular weight excluding hydrogens is 480 g/mol. The SMILES string of the molecule is NC(N)=NC(=O)OCc1cccc(-c2cnc(N3CCOCC3)nc2)c1.O=C(O)[C@H](O)[C@@H](O)C(=O)O. The molecular formula is C21H26N6O9. The summed E-state index contributed by atoms with van der Waals surface area (Å²) in [5, 5.41) is 32.5. The lowest BCUT2D eigenvalue weighted by Gasteiger charge is -2.26. The molecule has 0 radical (unpaired) electrons. The smallest absolute Gasteiger partial charge is 0.437 e. The Morgan fingerprint density at radius 2 is 1.61 bits per heavy atom. The minimum absolute atomic E-state index is 0.0656. The minimum atomic E-state index is -2.27. The molecule has 0 aliphatic carbocycles. The van der Waals surface area contributed by atoms with Crippen LogP contribution in [-0.4, -0.2) is 92.9 Å². The van der Waals surface area contributed by atoms with Gasteiger partial charge in [-0.3, -0.25) is 0 Å². The molecule has 8 N–H and O–H groups in total. The van der Waals surface area contributed by atoms with Gasteiger partial charge in [0.25, 0.3) is 0 Å². The molecule has 36 heavy (non-hydrogen) atoms. The number of nitrogens with zero attached hydrogens (tertiary/aromatic N) is 4. The Morgan fingerprint density at radius 3 is 2.14 bits per heavy atom. The molecule has 15 nitrogen and oxygen atoms in total. The van der Waals surface area contributed by atoms with E-state index in [-0.39, 0.29) is 12.6 Å². The molecule has 0 spiro atoms. The molecule has 1 fully saturated rings. The summed E-state index contributed by atoms with van der Waals surface area (Å²) >= 11 is 0. The highest BCUT2D eigenvalue weighted by Gasteiger charge is 2.29. The lowest BCUT2D eigenvalue weighted by molar-refractivity contribution is -0.165. The van der Waals surface area contributed by atoms with Gasteiger partial charge < -0.3 is 46.3 Å². The summed E-state index contributed by atoms with van der Waals surface area (Å²) in [5.74, 6) is -3.18. The maximum absolute atomic E-state index is 11.4. The van der Waals surface area contributed by atoms with Gasteiger partial charge in [0.1, 0.15) is 6.61 Å². The quantitative estimate of drug-likeness (QED) is 0.190. The Morgan fingerprint density at radius 1 is 1.03 bits per heavy atom. The van der Waals surface area contributed by atoms with Crippen molar-refractivity contribution in [2.75, 3.05) is 31.2 Å². The number of hydrogen-bond acceptors (Lipinski definition) is 10. The summed E-state index contributed by atoms with van der Waals surface area (Å²) in [6, 6.07) is 7.55. The summed E-state index contributed by atoms with van der Waals surface area (Å²) in [6.45, 7) is 3.01. The monoisotopic (exact) mass is 506 g/mol. The first-order valence-corrected chi connectivity index (χ1v) is 10.4. The first-order valence-electron chi connectivity index (χ1n) is 10.4. The Hall–Kier alpha value is -4.34. The number of carbonyl (C=O) groups excluding carboxylic acids is 1. The minimum Gasteiger partial charge on any atom is -0.479 e. The molecule has 1 amide bonds. The van der Waals surface area contributed by atoms with E-state index in [4.69, 9.17) is 41.4 Å². The zero-order valence-corrected chi connectivity index (χ0v) is 18.9. The van der Waals surface area contributed by atoms with Crippen LogP contribution in [0.15, 0.2) is 41.7 Å². The number of aliphatic hydroxyl groups is 2. The van der Waals surface area contributed by atoms with Gasteiger partial charge in [-0.2, -0.15) is 0 Å². The highest BCUT2D eigenvalue weighted by atomic mass is 16.5. The number of anilines is 1. The average molecular weight is 506 g/mol. The van der Waals surface area contributed by atoms with Crippen LogP contribution in [0.3, 0.4) is 0 Å². The van der Waals surface area contributed by atoms with Gasteiger partial charge in [-0.1, -0.05) is 18.2 Å². The Labute approximate surface area is 204 Å². The molecule has 0 unspecified atom stereocenters. The molecule has 1 aliphatic rings. The van der Waals surface area contributed by atoms with Crippen LogP contribution >= 0.6 is 0 Å². The molecule has 2 aromatic rings. The fourth-order valence-corrected chi connectivity index (χ4v) is 2.79. The van der Waals surface area contributed by atoms with Crippen molar-refractivity contribution in [3.63, 3.8) is 0 Å². The standard InChI is InChI=1S/C17H20N6O3.C4H6O6/c18-15(19)22-17(24)26-11-12-2-1-3-13(8-12)14-9-20-16(21-10-14)23-4-6-25-7-5-23;5-1(3(7)8)2(6)4(9)10/h1-3,8-10H,4-7,11H2,(H4,18,19,22,24);1-2,5-6H,(H,7,8)(H,9,10)/t;1-,2-/m.1/s1. The predicted molar refractivity (Wildman–Crippen MR) is 124 cm³/mol. The number of aliphatic carboxylic acids is 2. The van der Waals surface area contributed by atoms with E-state index in [0.29, 0.717) is 19.2 Å². The lowest BCUT2D eigenvalue weighted by atomic mass is 10.1. The summed E-state index contributed by atoms with van der Waals surface area (Å²) in [5.41, 5.74) is 12.9. The first kappa shape index (κ1) is 27.9. The van der Waals surface area contributed by atoms with Crippen molar-refractivity contribution < 1.29 is 44.3 Å². The number of nitrogens with two attached hydrogens (primary N) is 2. The summed E-state index contributed by atoms with van der Waals surface area (Å²) < 4.78 is 10.3. The Kier molecular flexibility index (Phi) is 10.5. The van der Waals surface area contributed by atoms with Crippen LogP contribution in [0.5, 0.6) is 0 Å². The highest BCUT2D eigenvalue weighted by Crippen LogP contribution is 2.21. The molecule has 1 aromatic heterocycles. The molecule has 0 saturated carbocycles. The second-order valence-corrected chi connectivity index (χ2v) is 7.23. The Bertz CT molecular complexity index is 1050. The number of ether oxygens (including phenoxy) is 2. The number of guanidine groups is 1. The summed E-state index contributed by atoms with van der Waals surface area (Å²) in [4.78, 5) is 45.2. The lowest BCUT2D eigenvalue weighted by Crippen LogP contribution is -2.39. The summed E-state index contributed by atoms with van der Waals surface area (Å²) in [7, 11) is 0. The van der Waals surface area contributed by atoms with E-state index in [1.54, 1.807) is 12.4 Å². The van der Waals surface area contributed by atoms with Crippen LogP contribution in [0.25, 0.3) is 11.1 Å². The first-order chi connectivity index (χ1) is 17.1. The zero-order valence-electron chi connectivity index (χ0n) is 18.9. The molecule has 2 heterocycles. The van der Waals surface area contributed by atoms with Crippen molar-refractivity contribution in [3.05, 3.63) is 42.2 Å². The van der Waals surface area contributed by atoms with Crippen LogP contribution < -0.4 is 16.4 Å².